The van der Waals surface area contributed by atoms with Crippen LogP contribution in [0, 0.1) is 33.5 Å². The number of nitriles is 2. The van der Waals surface area contributed by atoms with Gasteiger partial charge in [0, 0.05) is 4.47 Å². The number of ether oxygens (including phenoxy) is 2. The van der Waals surface area contributed by atoms with Gasteiger partial charge in [-0.1, -0.05) is 35.0 Å². The molecule has 1 aromatic carbocycles. The van der Waals surface area contributed by atoms with E-state index >= 15 is 0 Å². The van der Waals surface area contributed by atoms with Crippen molar-refractivity contribution in [2.45, 2.75) is 24.7 Å². The Morgan fingerprint density at radius 1 is 1.21 bits per heavy atom. The molecule has 2 fully saturated rings. The number of nitrogens with zero attached hydrogens (tertiary/aromatic N) is 3. The van der Waals surface area contributed by atoms with Gasteiger partial charge in [0.1, 0.15) is 5.84 Å². The van der Waals surface area contributed by atoms with Crippen LogP contribution in [0.3, 0.4) is 0 Å². The van der Waals surface area contributed by atoms with Crippen LogP contribution in [0.5, 0.6) is 0 Å². The third-order valence-corrected chi connectivity index (χ3v) is 6.32. The van der Waals surface area contributed by atoms with E-state index in [1.165, 1.54) is 0 Å². The molecular weight excluding hydrogens is 372 g/mol. The molecule has 1 aromatic rings. The number of benzene rings is 1. The predicted octanol–water partition coefficient (Wildman–Crippen LogP) is 2.20. The molecule has 4 rings (SSSR count). The minimum Gasteiger partial charge on any atom is -0.386 e. The molecule has 122 valence electrons. The minimum atomic E-state index is -1.50. The number of aliphatic imine (C=N–C) groups is 1. The second-order valence-electron chi connectivity index (χ2n) is 6.27. The molecule has 24 heavy (non-hydrogen) atoms. The van der Waals surface area contributed by atoms with Crippen LogP contribution in [0.2, 0.25) is 0 Å². The van der Waals surface area contributed by atoms with Crippen LogP contribution in [-0.4, -0.2) is 25.0 Å². The lowest BCUT2D eigenvalue weighted by atomic mass is 9.80. The highest BCUT2D eigenvalue weighted by Gasteiger charge is 3.01. The summed E-state index contributed by atoms with van der Waals surface area (Å²) in [5.74, 6) is -1.37. The number of halogens is 1. The Morgan fingerprint density at radius 2 is 1.83 bits per heavy atom. The van der Waals surface area contributed by atoms with Gasteiger partial charge >= 0.3 is 0 Å². The molecule has 7 heteroatoms. The summed E-state index contributed by atoms with van der Waals surface area (Å²) in [4.78, 5) is 4.32. The highest BCUT2D eigenvalue weighted by molar-refractivity contribution is 9.10. The van der Waals surface area contributed by atoms with E-state index in [9.17, 15) is 10.5 Å². The van der Waals surface area contributed by atoms with E-state index < -0.39 is 22.2 Å². The van der Waals surface area contributed by atoms with Gasteiger partial charge in [0.05, 0.1) is 30.8 Å². The first-order chi connectivity index (χ1) is 11.5. The van der Waals surface area contributed by atoms with Crippen LogP contribution >= 0.6 is 15.9 Å². The maximum atomic E-state index is 10.2. The number of hydrogen-bond donors (Lipinski definition) is 1. The van der Waals surface area contributed by atoms with E-state index in [4.69, 9.17) is 15.2 Å². The predicted molar refractivity (Wildman–Crippen MR) is 88.5 cm³/mol. The van der Waals surface area contributed by atoms with E-state index in [-0.39, 0.29) is 5.84 Å². The first kappa shape index (κ1) is 15.6. The second kappa shape index (κ2) is 4.58. The zero-order valence-electron chi connectivity index (χ0n) is 13.0. The number of amidine groups is 1. The summed E-state index contributed by atoms with van der Waals surface area (Å²) < 4.78 is 12.5. The molecule has 0 amide bonds. The van der Waals surface area contributed by atoms with E-state index in [0.29, 0.717) is 19.6 Å². The lowest BCUT2D eigenvalue weighted by molar-refractivity contribution is -0.188. The highest BCUT2D eigenvalue weighted by atomic mass is 79.9. The fourth-order valence-corrected chi connectivity index (χ4v) is 5.21. The summed E-state index contributed by atoms with van der Waals surface area (Å²) in [5.41, 5.74) is 3.72. The van der Waals surface area contributed by atoms with Gasteiger partial charge in [0.2, 0.25) is 0 Å². The number of fused-ring (bicyclic) bond motifs is 2. The van der Waals surface area contributed by atoms with E-state index in [1.54, 1.807) is 0 Å². The van der Waals surface area contributed by atoms with Crippen molar-refractivity contribution in [3.8, 4) is 12.1 Å². The third-order valence-electron chi connectivity index (χ3n) is 5.79. The Hall–Kier alpha value is -1.93. The summed E-state index contributed by atoms with van der Waals surface area (Å²) in [6.07, 6.45) is 0.542. The fourth-order valence-electron chi connectivity index (χ4n) is 4.94. The monoisotopic (exact) mass is 386 g/mol. The molecule has 1 aliphatic carbocycles. The van der Waals surface area contributed by atoms with Crippen LogP contribution in [0.4, 0.5) is 0 Å². The Morgan fingerprint density at radius 3 is 2.33 bits per heavy atom. The number of hydrogen-bond acceptors (Lipinski definition) is 6. The van der Waals surface area contributed by atoms with Gasteiger partial charge < -0.3 is 15.2 Å². The van der Waals surface area contributed by atoms with Crippen molar-refractivity contribution in [1.29, 1.82) is 10.5 Å². The fraction of sp³-hybridized carbons (Fsp3) is 0.471. The Bertz CT molecular complexity index is 834. The van der Waals surface area contributed by atoms with Crippen LogP contribution in [0.15, 0.2) is 33.7 Å². The van der Waals surface area contributed by atoms with E-state index in [0.717, 1.165) is 10.0 Å². The maximum Gasteiger partial charge on any atom is 0.293 e. The molecule has 2 N–H and O–H groups in total. The molecule has 1 spiro atoms. The zero-order valence-corrected chi connectivity index (χ0v) is 14.6. The maximum absolute atomic E-state index is 10.2. The molecule has 1 saturated carbocycles. The first-order valence-electron chi connectivity index (χ1n) is 7.74. The Labute approximate surface area is 148 Å². The average Bonchev–Trinajstić information content (AvgIpc) is 2.81. The van der Waals surface area contributed by atoms with Gasteiger partial charge in [0.25, 0.3) is 5.91 Å². The normalized spacial score (nSPS) is 38.2. The smallest absolute Gasteiger partial charge is 0.293 e. The molecule has 0 aromatic heterocycles. The lowest BCUT2D eigenvalue weighted by Gasteiger charge is -2.31. The Kier molecular flexibility index (Phi) is 2.97. The van der Waals surface area contributed by atoms with Crippen LogP contribution in [0.25, 0.3) is 0 Å². The molecular formula is C17H15BrN4O2. The van der Waals surface area contributed by atoms with Crippen LogP contribution < -0.4 is 5.73 Å². The van der Waals surface area contributed by atoms with Crippen molar-refractivity contribution in [2.75, 3.05) is 13.2 Å². The molecule has 6 nitrogen and oxygen atoms in total. The van der Waals surface area contributed by atoms with Gasteiger partial charge in [0.15, 0.2) is 10.8 Å². The first-order valence-corrected chi connectivity index (χ1v) is 8.53. The molecule has 2 heterocycles. The summed E-state index contributed by atoms with van der Waals surface area (Å²) >= 11 is 3.42. The lowest BCUT2D eigenvalue weighted by Crippen LogP contribution is -2.42. The van der Waals surface area contributed by atoms with Crippen molar-refractivity contribution >= 4 is 21.8 Å². The minimum absolute atomic E-state index is 0.123. The summed E-state index contributed by atoms with van der Waals surface area (Å²) in [6.45, 7) is 2.60. The topological polar surface area (TPSA) is 104 Å². The molecule has 0 bridgehead atoms. The highest BCUT2D eigenvalue weighted by Crippen LogP contribution is 2.86. The van der Waals surface area contributed by atoms with Gasteiger partial charge in [-0.2, -0.15) is 10.5 Å². The standard InChI is InChI=1S/C17H15BrN4O2/c1-2-14(11-3-5-12(18)6-4-11)15(9-19)13(21)22-17(16(14,15)10-20)23-7-8-24-17/h3-6H,2,7-8H2,1H3,(H2,21,22)/t14-,15+,16-/m1/s1. The van der Waals surface area contributed by atoms with Gasteiger partial charge in [-0.3, -0.25) is 0 Å². The zero-order chi connectivity index (χ0) is 17.2. The van der Waals surface area contributed by atoms with Crippen LogP contribution in [0.1, 0.15) is 18.9 Å². The molecule has 1 saturated heterocycles. The van der Waals surface area contributed by atoms with Crippen molar-refractivity contribution < 1.29 is 9.47 Å². The number of rotatable bonds is 2. The SMILES string of the molecule is CC[C@@]1(c2ccc(Br)cc2)[C@]2(C#N)C(N)=NC3(OCCO3)[C@@]21C#N. The summed E-state index contributed by atoms with van der Waals surface area (Å²) in [6, 6.07) is 12.3. The third kappa shape index (κ3) is 1.23. The van der Waals surface area contributed by atoms with Gasteiger partial charge in [-0.05, 0) is 24.1 Å². The summed E-state index contributed by atoms with van der Waals surface area (Å²) in [7, 11) is 0. The second-order valence-corrected chi connectivity index (χ2v) is 7.18. The van der Waals surface area contributed by atoms with Crippen LogP contribution in [-0.2, 0) is 14.9 Å². The molecule has 3 aliphatic rings. The quantitative estimate of drug-likeness (QED) is 0.838. The molecule has 0 unspecified atom stereocenters. The average molecular weight is 387 g/mol. The Balaban J connectivity index is 2.03. The van der Waals surface area contributed by atoms with Crippen molar-refractivity contribution in [3.63, 3.8) is 0 Å². The molecule has 3 atom stereocenters. The van der Waals surface area contributed by atoms with E-state index in [1.807, 2.05) is 31.2 Å². The van der Waals surface area contributed by atoms with Crippen molar-refractivity contribution in [1.82, 2.24) is 0 Å². The van der Waals surface area contributed by atoms with E-state index in [2.05, 4.69) is 33.1 Å². The van der Waals surface area contributed by atoms with Crippen molar-refractivity contribution in [2.24, 2.45) is 21.6 Å². The number of nitrogens with two attached hydrogens (primary N) is 1. The summed E-state index contributed by atoms with van der Waals surface area (Å²) in [5, 5.41) is 20.3. The van der Waals surface area contributed by atoms with Gasteiger partial charge in [-0.25, -0.2) is 4.99 Å². The van der Waals surface area contributed by atoms with Crippen molar-refractivity contribution in [3.05, 3.63) is 34.3 Å². The molecule has 0 radical (unpaired) electrons. The largest absolute Gasteiger partial charge is 0.386 e. The molecule has 2 aliphatic heterocycles. The van der Waals surface area contributed by atoms with Gasteiger partial charge in [-0.15, -0.1) is 0 Å².